The third-order valence-corrected chi connectivity index (χ3v) is 5.74. The van der Waals surface area contributed by atoms with Crippen molar-refractivity contribution < 1.29 is 13.6 Å². The molecule has 0 amide bonds. The maximum absolute atomic E-state index is 12.1. The Kier molecular flexibility index (Phi) is 3.52. The highest BCUT2D eigenvalue weighted by Crippen LogP contribution is 2.65. The Labute approximate surface area is 93.4 Å². The van der Waals surface area contributed by atoms with E-state index in [9.17, 15) is 4.57 Å². The molecule has 82 valence electrons. The second-order valence-electron chi connectivity index (χ2n) is 3.39. The fourth-order valence-corrected chi connectivity index (χ4v) is 4.95. The summed E-state index contributed by atoms with van der Waals surface area (Å²) in [6.07, 6.45) is 0.820. The standard InChI is InChI=1S/C10H13O3PS/c1-9-7-8-12-14(11,13-9)15-10-5-3-2-4-6-10/h2-6,9H,7-8H2,1H3/t9-,14-/m1/s1. The second-order valence-corrected chi connectivity index (χ2v) is 7.30. The average molecular weight is 244 g/mol. The molecule has 1 fully saturated rings. The van der Waals surface area contributed by atoms with Crippen molar-refractivity contribution in [1.29, 1.82) is 0 Å². The highest BCUT2D eigenvalue weighted by molar-refractivity contribution is 8.55. The molecule has 0 saturated carbocycles. The Morgan fingerprint density at radius 2 is 2.13 bits per heavy atom. The summed E-state index contributed by atoms with van der Waals surface area (Å²) >= 11 is 1.18. The van der Waals surface area contributed by atoms with E-state index in [0.717, 1.165) is 11.3 Å². The minimum Gasteiger partial charge on any atom is -0.300 e. The maximum Gasteiger partial charge on any atom is 0.394 e. The van der Waals surface area contributed by atoms with Gasteiger partial charge in [-0.2, -0.15) is 0 Å². The quantitative estimate of drug-likeness (QED) is 0.743. The van der Waals surface area contributed by atoms with E-state index < -0.39 is 6.80 Å². The molecule has 0 unspecified atom stereocenters. The lowest BCUT2D eigenvalue weighted by atomic mass is 10.3. The highest BCUT2D eigenvalue weighted by atomic mass is 32.7. The van der Waals surface area contributed by atoms with E-state index in [4.69, 9.17) is 9.05 Å². The summed E-state index contributed by atoms with van der Waals surface area (Å²) in [4.78, 5) is 0.912. The van der Waals surface area contributed by atoms with Gasteiger partial charge in [-0.1, -0.05) is 18.2 Å². The van der Waals surface area contributed by atoms with Crippen molar-refractivity contribution in [3.8, 4) is 0 Å². The molecule has 1 heterocycles. The lowest BCUT2D eigenvalue weighted by Gasteiger charge is -2.26. The lowest BCUT2D eigenvalue weighted by Crippen LogP contribution is -2.15. The Bertz CT molecular complexity index is 368. The molecule has 0 aliphatic carbocycles. The van der Waals surface area contributed by atoms with Crippen LogP contribution in [0, 0.1) is 0 Å². The monoisotopic (exact) mass is 244 g/mol. The molecule has 1 aliphatic heterocycles. The molecular formula is C10H13O3PS. The molecule has 1 aromatic carbocycles. The smallest absolute Gasteiger partial charge is 0.300 e. The highest BCUT2D eigenvalue weighted by Gasteiger charge is 2.32. The summed E-state index contributed by atoms with van der Waals surface area (Å²) in [5.74, 6) is 0. The van der Waals surface area contributed by atoms with Crippen LogP contribution in [-0.4, -0.2) is 12.7 Å². The number of hydrogen-bond acceptors (Lipinski definition) is 4. The Morgan fingerprint density at radius 3 is 2.80 bits per heavy atom. The molecule has 0 spiro atoms. The van der Waals surface area contributed by atoms with E-state index in [0.29, 0.717) is 6.61 Å². The van der Waals surface area contributed by atoms with Crippen molar-refractivity contribution in [3.05, 3.63) is 30.3 Å². The Balaban J connectivity index is 2.07. The Morgan fingerprint density at radius 1 is 1.40 bits per heavy atom. The summed E-state index contributed by atoms with van der Waals surface area (Å²) < 4.78 is 22.7. The fourth-order valence-electron chi connectivity index (χ4n) is 1.29. The topological polar surface area (TPSA) is 35.5 Å². The van der Waals surface area contributed by atoms with Gasteiger partial charge in [0.15, 0.2) is 0 Å². The first kappa shape index (κ1) is 11.2. The minimum atomic E-state index is -2.97. The molecule has 2 rings (SSSR count). The third kappa shape index (κ3) is 3.08. The van der Waals surface area contributed by atoms with E-state index in [-0.39, 0.29) is 6.10 Å². The molecule has 0 radical (unpaired) electrons. The third-order valence-electron chi connectivity index (χ3n) is 2.04. The van der Waals surface area contributed by atoms with Crippen LogP contribution in [0.5, 0.6) is 0 Å². The average Bonchev–Trinajstić information content (AvgIpc) is 2.18. The molecule has 5 heteroatoms. The van der Waals surface area contributed by atoms with Gasteiger partial charge in [0, 0.05) is 4.90 Å². The van der Waals surface area contributed by atoms with Crippen LogP contribution < -0.4 is 0 Å². The van der Waals surface area contributed by atoms with Crippen LogP contribution in [0.25, 0.3) is 0 Å². The van der Waals surface area contributed by atoms with Crippen molar-refractivity contribution in [2.45, 2.75) is 24.3 Å². The molecule has 0 bridgehead atoms. The maximum atomic E-state index is 12.1. The van der Waals surface area contributed by atoms with E-state index in [1.54, 1.807) is 0 Å². The van der Waals surface area contributed by atoms with Gasteiger partial charge in [0.05, 0.1) is 12.7 Å². The first-order chi connectivity index (χ1) is 7.18. The van der Waals surface area contributed by atoms with Gasteiger partial charge in [0.1, 0.15) is 0 Å². The summed E-state index contributed by atoms with van der Waals surface area (Å²) in [5.41, 5.74) is 0. The normalized spacial score (nSPS) is 31.4. The van der Waals surface area contributed by atoms with Gasteiger partial charge in [-0.05, 0) is 36.9 Å². The molecule has 15 heavy (non-hydrogen) atoms. The van der Waals surface area contributed by atoms with E-state index in [1.165, 1.54) is 11.4 Å². The molecule has 1 aliphatic rings. The first-order valence-corrected chi connectivity index (χ1v) is 7.82. The van der Waals surface area contributed by atoms with Gasteiger partial charge in [-0.15, -0.1) is 0 Å². The zero-order valence-electron chi connectivity index (χ0n) is 8.46. The molecule has 0 N–H and O–H groups in total. The van der Waals surface area contributed by atoms with Gasteiger partial charge in [0.25, 0.3) is 0 Å². The molecule has 3 nitrogen and oxygen atoms in total. The summed E-state index contributed by atoms with van der Waals surface area (Å²) in [6, 6.07) is 9.53. The zero-order valence-corrected chi connectivity index (χ0v) is 10.2. The largest absolute Gasteiger partial charge is 0.394 e. The second kappa shape index (κ2) is 4.71. The minimum absolute atomic E-state index is 0.0146. The van der Waals surface area contributed by atoms with Gasteiger partial charge >= 0.3 is 6.80 Å². The van der Waals surface area contributed by atoms with Crippen LogP contribution in [-0.2, 0) is 13.6 Å². The van der Waals surface area contributed by atoms with E-state index in [2.05, 4.69) is 0 Å². The summed E-state index contributed by atoms with van der Waals surface area (Å²) in [5, 5.41) is 0. The van der Waals surface area contributed by atoms with Crippen molar-refractivity contribution >= 4 is 18.2 Å². The van der Waals surface area contributed by atoms with Crippen molar-refractivity contribution in [1.82, 2.24) is 0 Å². The number of benzene rings is 1. The molecule has 2 atom stereocenters. The van der Waals surface area contributed by atoms with Crippen molar-refractivity contribution in [2.24, 2.45) is 0 Å². The summed E-state index contributed by atoms with van der Waals surface area (Å²) in [7, 11) is 0. The predicted molar refractivity (Wildman–Crippen MR) is 61.0 cm³/mol. The summed E-state index contributed by atoms with van der Waals surface area (Å²) in [6.45, 7) is -0.545. The molecule has 0 aromatic heterocycles. The zero-order chi connectivity index (χ0) is 10.7. The Hall–Kier alpha value is -0.280. The molecular weight excluding hydrogens is 231 g/mol. The number of rotatable bonds is 2. The van der Waals surface area contributed by atoms with Gasteiger partial charge in [0.2, 0.25) is 0 Å². The van der Waals surface area contributed by atoms with Gasteiger partial charge in [-0.25, -0.2) is 4.57 Å². The van der Waals surface area contributed by atoms with Crippen LogP contribution in [0.1, 0.15) is 13.3 Å². The SMILES string of the molecule is C[C@@H]1CCO[P@@](=O)(Sc2ccccc2)O1. The van der Waals surface area contributed by atoms with E-state index in [1.807, 2.05) is 37.3 Å². The van der Waals surface area contributed by atoms with Crippen LogP contribution >= 0.6 is 18.2 Å². The van der Waals surface area contributed by atoms with Crippen molar-refractivity contribution in [3.63, 3.8) is 0 Å². The van der Waals surface area contributed by atoms with Crippen molar-refractivity contribution in [2.75, 3.05) is 6.61 Å². The fraction of sp³-hybridized carbons (Fsp3) is 0.400. The molecule has 1 saturated heterocycles. The molecule has 1 aromatic rings. The van der Waals surface area contributed by atoms with E-state index >= 15 is 0 Å². The number of hydrogen-bond donors (Lipinski definition) is 0. The van der Waals surface area contributed by atoms with Crippen LogP contribution in [0.2, 0.25) is 0 Å². The van der Waals surface area contributed by atoms with Gasteiger partial charge in [-0.3, -0.25) is 4.52 Å². The van der Waals surface area contributed by atoms with Crippen LogP contribution in [0.4, 0.5) is 0 Å². The van der Waals surface area contributed by atoms with Crippen LogP contribution in [0.3, 0.4) is 0 Å². The first-order valence-electron chi connectivity index (χ1n) is 4.86. The van der Waals surface area contributed by atoms with Gasteiger partial charge < -0.3 is 4.52 Å². The van der Waals surface area contributed by atoms with Crippen LogP contribution in [0.15, 0.2) is 35.2 Å². The predicted octanol–water partition coefficient (Wildman–Crippen LogP) is 3.71. The lowest BCUT2D eigenvalue weighted by molar-refractivity contribution is 0.104.